The Kier molecular flexibility index (Phi) is 7.08. The summed E-state index contributed by atoms with van der Waals surface area (Å²) in [4.78, 5) is 2.21. The maximum absolute atomic E-state index is 10.8. The van der Waals surface area contributed by atoms with Crippen LogP contribution in [0.2, 0.25) is 0 Å². The molecule has 13 heavy (non-hydrogen) atoms. The monoisotopic (exact) mass is 203 g/mol. The van der Waals surface area contributed by atoms with Crippen LogP contribution in [0.3, 0.4) is 0 Å². The van der Waals surface area contributed by atoms with E-state index in [1.807, 2.05) is 12.1 Å². The predicted molar refractivity (Wildman–Crippen MR) is 49.4 cm³/mol. The Morgan fingerprint density at radius 1 is 1.08 bits per heavy atom. The zero-order valence-corrected chi connectivity index (χ0v) is 11.7. The van der Waals surface area contributed by atoms with E-state index in [0.717, 1.165) is 18.8 Å². The summed E-state index contributed by atoms with van der Waals surface area (Å²) in [7, 11) is 0. The van der Waals surface area contributed by atoms with Gasteiger partial charge in [0.1, 0.15) is 0 Å². The summed E-state index contributed by atoms with van der Waals surface area (Å²) in [5.74, 6) is 0.0749. The standard InChI is InChI=1S/C10H15NO.K/c1-3-11(4-2)9-5-7-10(12)8-6-9;/h5-8,12H,3-4H2,1-2H3;/q;+1/p-1. The zero-order chi connectivity index (χ0) is 8.97. The van der Waals surface area contributed by atoms with Crippen LogP contribution in [-0.2, 0) is 0 Å². The van der Waals surface area contributed by atoms with Crippen molar-refractivity contribution in [3.63, 3.8) is 0 Å². The van der Waals surface area contributed by atoms with E-state index in [4.69, 9.17) is 0 Å². The van der Waals surface area contributed by atoms with Crippen LogP contribution in [0.4, 0.5) is 5.69 Å². The second-order valence-corrected chi connectivity index (χ2v) is 2.67. The van der Waals surface area contributed by atoms with Gasteiger partial charge in [-0.1, -0.05) is 12.1 Å². The molecule has 0 spiro atoms. The van der Waals surface area contributed by atoms with E-state index >= 15 is 0 Å². The van der Waals surface area contributed by atoms with E-state index in [0.29, 0.717) is 0 Å². The van der Waals surface area contributed by atoms with E-state index < -0.39 is 0 Å². The summed E-state index contributed by atoms with van der Waals surface area (Å²) in [6.45, 7) is 6.17. The molecular formula is C10H14KNO. The van der Waals surface area contributed by atoms with Gasteiger partial charge in [-0.3, -0.25) is 0 Å². The summed E-state index contributed by atoms with van der Waals surface area (Å²) in [5.41, 5.74) is 1.12. The number of hydrogen-bond acceptors (Lipinski definition) is 2. The summed E-state index contributed by atoms with van der Waals surface area (Å²) < 4.78 is 0. The molecule has 0 heterocycles. The Morgan fingerprint density at radius 2 is 1.54 bits per heavy atom. The Morgan fingerprint density at radius 3 is 1.92 bits per heavy atom. The minimum atomic E-state index is 0. The molecule has 66 valence electrons. The van der Waals surface area contributed by atoms with Gasteiger partial charge in [0.2, 0.25) is 0 Å². The van der Waals surface area contributed by atoms with Crippen LogP contribution in [0, 0.1) is 0 Å². The van der Waals surface area contributed by atoms with E-state index in [2.05, 4.69) is 18.7 Å². The molecule has 0 aliphatic carbocycles. The van der Waals surface area contributed by atoms with Crippen molar-refractivity contribution in [2.24, 2.45) is 0 Å². The van der Waals surface area contributed by atoms with Gasteiger partial charge in [-0.05, 0) is 26.0 Å². The molecule has 0 bridgehead atoms. The normalized spacial score (nSPS) is 9.08. The first-order valence-electron chi connectivity index (χ1n) is 4.30. The van der Waals surface area contributed by atoms with Gasteiger partial charge in [0.15, 0.2) is 0 Å². The van der Waals surface area contributed by atoms with Gasteiger partial charge in [-0.15, -0.1) is 5.75 Å². The third-order valence-electron chi connectivity index (χ3n) is 1.97. The van der Waals surface area contributed by atoms with Gasteiger partial charge in [0, 0.05) is 18.8 Å². The van der Waals surface area contributed by atoms with Crippen LogP contribution in [0.5, 0.6) is 5.75 Å². The van der Waals surface area contributed by atoms with Crippen LogP contribution in [0.1, 0.15) is 13.8 Å². The first-order valence-corrected chi connectivity index (χ1v) is 4.30. The molecule has 1 aromatic rings. The van der Waals surface area contributed by atoms with E-state index in [1.54, 1.807) is 12.1 Å². The smallest absolute Gasteiger partial charge is 0.872 e. The van der Waals surface area contributed by atoms with Crippen LogP contribution in [0.15, 0.2) is 24.3 Å². The van der Waals surface area contributed by atoms with Gasteiger partial charge >= 0.3 is 51.4 Å². The van der Waals surface area contributed by atoms with Crippen molar-refractivity contribution in [3.8, 4) is 5.75 Å². The Hall–Kier alpha value is 0.456. The van der Waals surface area contributed by atoms with Crippen molar-refractivity contribution in [1.29, 1.82) is 0 Å². The third-order valence-corrected chi connectivity index (χ3v) is 1.97. The Labute approximate surface area is 122 Å². The summed E-state index contributed by atoms with van der Waals surface area (Å²) in [6.07, 6.45) is 0. The second-order valence-electron chi connectivity index (χ2n) is 2.67. The van der Waals surface area contributed by atoms with Crippen LogP contribution in [0.25, 0.3) is 0 Å². The minimum Gasteiger partial charge on any atom is -0.872 e. The van der Waals surface area contributed by atoms with Crippen molar-refractivity contribution < 1.29 is 56.5 Å². The molecule has 0 aliphatic heterocycles. The van der Waals surface area contributed by atoms with E-state index in [-0.39, 0.29) is 57.1 Å². The Balaban J connectivity index is 0.00000144. The van der Waals surface area contributed by atoms with Gasteiger partial charge in [-0.2, -0.15) is 0 Å². The fourth-order valence-corrected chi connectivity index (χ4v) is 1.25. The first-order chi connectivity index (χ1) is 5.77. The third kappa shape index (κ3) is 4.00. The number of rotatable bonds is 3. The molecule has 3 heteroatoms. The maximum atomic E-state index is 10.8. The number of hydrogen-bond donors (Lipinski definition) is 0. The molecule has 0 saturated carbocycles. The first kappa shape index (κ1) is 13.5. The second kappa shape index (κ2) is 6.84. The van der Waals surface area contributed by atoms with E-state index in [9.17, 15) is 5.11 Å². The summed E-state index contributed by atoms with van der Waals surface area (Å²) >= 11 is 0. The average Bonchev–Trinajstić information content (AvgIpc) is 2.10. The molecule has 2 nitrogen and oxygen atoms in total. The number of nitrogens with zero attached hydrogens (tertiary/aromatic N) is 1. The van der Waals surface area contributed by atoms with Crippen molar-refractivity contribution in [1.82, 2.24) is 0 Å². The molecule has 0 radical (unpaired) electrons. The summed E-state index contributed by atoms with van der Waals surface area (Å²) in [5, 5.41) is 10.8. The quantitative estimate of drug-likeness (QED) is 0.566. The largest absolute Gasteiger partial charge is 1.00 e. The molecule has 0 fully saturated rings. The molecular weight excluding hydrogens is 189 g/mol. The van der Waals surface area contributed by atoms with Crippen LogP contribution in [-0.4, -0.2) is 13.1 Å². The van der Waals surface area contributed by atoms with Crippen molar-refractivity contribution in [2.45, 2.75) is 13.8 Å². The maximum Gasteiger partial charge on any atom is 1.00 e. The van der Waals surface area contributed by atoms with Gasteiger partial charge in [-0.25, -0.2) is 0 Å². The molecule has 0 aliphatic rings. The van der Waals surface area contributed by atoms with Gasteiger partial charge in [0.05, 0.1) is 0 Å². The van der Waals surface area contributed by atoms with Gasteiger partial charge < -0.3 is 10.0 Å². The molecule has 0 atom stereocenters. The van der Waals surface area contributed by atoms with Crippen molar-refractivity contribution >= 4 is 5.69 Å². The predicted octanol–water partition coefficient (Wildman–Crippen LogP) is -1.39. The molecule has 1 aromatic carbocycles. The fraction of sp³-hybridized carbons (Fsp3) is 0.400. The van der Waals surface area contributed by atoms with Crippen molar-refractivity contribution in [3.05, 3.63) is 24.3 Å². The molecule has 0 aromatic heterocycles. The number of anilines is 1. The molecule has 0 saturated heterocycles. The molecule has 0 amide bonds. The molecule has 0 N–H and O–H groups in total. The Bertz CT molecular complexity index is 231. The van der Waals surface area contributed by atoms with Crippen LogP contribution >= 0.6 is 0 Å². The zero-order valence-electron chi connectivity index (χ0n) is 8.58. The minimum absolute atomic E-state index is 0. The van der Waals surface area contributed by atoms with Crippen LogP contribution < -0.4 is 61.4 Å². The SMILES string of the molecule is CCN(CC)c1ccc([O-])cc1.[K+]. The topological polar surface area (TPSA) is 26.3 Å². The number of benzene rings is 1. The van der Waals surface area contributed by atoms with E-state index in [1.165, 1.54) is 0 Å². The fourth-order valence-electron chi connectivity index (χ4n) is 1.25. The summed E-state index contributed by atoms with van der Waals surface area (Å²) in [6, 6.07) is 6.95. The van der Waals surface area contributed by atoms with Crippen molar-refractivity contribution in [2.75, 3.05) is 18.0 Å². The molecule has 1 rings (SSSR count). The molecule has 0 unspecified atom stereocenters. The average molecular weight is 203 g/mol. The van der Waals surface area contributed by atoms with Gasteiger partial charge in [0.25, 0.3) is 0 Å².